The van der Waals surface area contributed by atoms with Gasteiger partial charge in [0.05, 0.1) is 17.8 Å². The van der Waals surface area contributed by atoms with Crippen LogP contribution in [0.25, 0.3) is 0 Å². The maximum atomic E-state index is 13.5. The third-order valence-corrected chi connectivity index (χ3v) is 4.52. The van der Waals surface area contributed by atoms with Crippen LogP contribution in [0.5, 0.6) is 0 Å². The van der Waals surface area contributed by atoms with Crippen LogP contribution in [-0.4, -0.2) is 20.2 Å². The Morgan fingerprint density at radius 1 is 1.13 bits per heavy atom. The summed E-state index contributed by atoms with van der Waals surface area (Å²) in [5.41, 5.74) is 0.383. The van der Waals surface area contributed by atoms with E-state index in [1.54, 1.807) is 24.3 Å². The molecule has 0 bridgehead atoms. The Morgan fingerprint density at radius 3 is 2.61 bits per heavy atom. The molecule has 1 aliphatic rings. The molecule has 1 heterocycles. The Balaban J connectivity index is 1.78. The average Bonchev–Trinajstić information content (AvgIpc) is 2.49. The SMILES string of the molecule is O=C(CC1=NS(=O)(=O)c2ccccc2N1)Nc1ccccc1F. The highest BCUT2D eigenvalue weighted by Gasteiger charge is 2.25. The van der Waals surface area contributed by atoms with Crippen LogP contribution in [0.4, 0.5) is 15.8 Å². The first kappa shape index (κ1) is 15.2. The van der Waals surface area contributed by atoms with Gasteiger partial charge in [0.1, 0.15) is 16.5 Å². The van der Waals surface area contributed by atoms with Crippen LogP contribution in [0.3, 0.4) is 0 Å². The first-order valence-electron chi connectivity index (χ1n) is 6.70. The summed E-state index contributed by atoms with van der Waals surface area (Å²) in [6.07, 6.45) is -0.318. The van der Waals surface area contributed by atoms with Gasteiger partial charge in [0.15, 0.2) is 0 Å². The molecule has 2 N–H and O–H groups in total. The molecule has 0 radical (unpaired) electrons. The van der Waals surface area contributed by atoms with E-state index in [1.807, 2.05) is 0 Å². The highest BCUT2D eigenvalue weighted by Crippen LogP contribution is 2.27. The number of hydrogen-bond donors (Lipinski definition) is 2. The lowest BCUT2D eigenvalue weighted by Crippen LogP contribution is -2.26. The van der Waals surface area contributed by atoms with Gasteiger partial charge < -0.3 is 10.6 Å². The zero-order valence-corrected chi connectivity index (χ0v) is 12.6. The lowest BCUT2D eigenvalue weighted by molar-refractivity contribution is -0.115. The number of carbonyl (C=O) groups excluding carboxylic acids is 1. The number of para-hydroxylation sites is 2. The summed E-state index contributed by atoms with van der Waals surface area (Å²) in [5.74, 6) is -1.16. The largest absolute Gasteiger partial charge is 0.341 e. The van der Waals surface area contributed by atoms with Crippen molar-refractivity contribution < 1.29 is 17.6 Å². The average molecular weight is 333 g/mol. The molecule has 0 spiro atoms. The predicted octanol–water partition coefficient (Wildman–Crippen LogP) is 2.37. The Hall–Kier alpha value is -2.74. The van der Waals surface area contributed by atoms with Crippen molar-refractivity contribution in [2.45, 2.75) is 11.3 Å². The summed E-state index contributed by atoms with van der Waals surface area (Å²) in [5, 5.41) is 5.18. The molecule has 6 nitrogen and oxygen atoms in total. The molecular weight excluding hydrogens is 321 g/mol. The van der Waals surface area contributed by atoms with E-state index in [0.29, 0.717) is 5.69 Å². The third-order valence-electron chi connectivity index (χ3n) is 3.15. The number of nitrogens with zero attached hydrogens (tertiary/aromatic N) is 1. The van der Waals surface area contributed by atoms with Crippen LogP contribution in [0.2, 0.25) is 0 Å². The second kappa shape index (κ2) is 5.81. The number of nitrogens with one attached hydrogen (secondary N) is 2. The number of benzene rings is 2. The molecule has 0 saturated heterocycles. The molecule has 0 aromatic heterocycles. The van der Waals surface area contributed by atoms with E-state index in [9.17, 15) is 17.6 Å². The summed E-state index contributed by atoms with van der Waals surface area (Å²) in [7, 11) is -3.85. The van der Waals surface area contributed by atoms with E-state index in [-0.39, 0.29) is 22.8 Å². The first-order valence-corrected chi connectivity index (χ1v) is 8.14. The van der Waals surface area contributed by atoms with Gasteiger partial charge in [0.2, 0.25) is 5.91 Å². The van der Waals surface area contributed by atoms with Crippen molar-refractivity contribution in [2.24, 2.45) is 4.40 Å². The Labute approximate surface area is 132 Å². The molecule has 23 heavy (non-hydrogen) atoms. The van der Waals surface area contributed by atoms with E-state index in [2.05, 4.69) is 15.0 Å². The van der Waals surface area contributed by atoms with Gasteiger partial charge in [-0.05, 0) is 24.3 Å². The van der Waals surface area contributed by atoms with Crippen molar-refractivity contribution in [3.8, 4) is 0 Å². The number of hydrogen-bond acceptors (Lipinski definition) is 4. The quantitative estimate of drug-likeness (QED) is 0.903. The van der Waals surface area contributed by atoms with Crippen LogP contribution in [0.1, 0.15) is 6.42 Å². The maximum Gasteiger partial charge on any atom is 0.286 e. The Bertz CT molecular complexity index is 910. The normalized spacial score (nSPS) is 15.1. The lowest BCUT2D eigenvalue weighted by Gasteiger charge is -2.17. The van der Waals surface area contributed by atoms with Gasteiger partial charge in [-0.25, -0.2) is 4.39 Å². The van der Waals surface area contributed by atoms with Gasteiger partial charge >= 0.3 is 0 Å². The van der Waals surface area contributed by atoms with Crippen LogP contribution in [0.15, 0.2) is 57.8 Å². The smallest absolute Gasteiger partial charge is 0.286 e. The summed E-state index contributed by atoms with van der Waals surface area (Å²) in [4.78, 5) is 12.0. The van der Waals surface area contributed by atoms with E-state index >= 15 is 0 Å². The summed E-state index contributed by atoms with van der Waals surface area (Å²) in [6.45, 7) is 0. The van der Waals surface area contributed by atoms with E-state index in [1.165, 1.54) is 24.3 Å². The molecule has 1 aliphatic heterocycles. The topological polar surface area (TPSA) is 87.6 Å². The highest BCUT2D eigenvalue weighted by molar-refractivity contribution is 7.90. The van der Waals surface area contributed by atoms with Crippen molar-refractivity contribution >= 4 is 33.1 Å². The molecular formula is C15H12FN3O3S. The van der Waals surface area contributed by atoms with E-state index in [4.69, 9.17) is 0 Å². The zero-order chi connectivity index (χ0) is 16.4. The molecule has 118 valence electrons. The molecule has 0 atom stereocenters. The number of amides is 1. The molecule has 0 fully saturated rings. The zero-order valence-electron chi connectivity index (χ0n) is 11.8. The number of fused-ring (bicyclic) bond motifs is 1. The van der Waals surface area contributed by atoms with Crippen molar-refractivity contribution in [3.63, 3.8) is 0 Å². The van der Waals surface area contributed by atoms with Crippen molar-refractivity contribution in [1.29, 1.82) is 0 Å². The molecule has 8 heteroatoms. The highest BCUT2D eigenvalue weighted by atomic mass is 32.2. The molecule has 0 unspecified atom stereocenters. The second-order valence-corrected chi connectivity index (χ2v) is 6.41. The first-order chi connectivity index (χ1) is 11.0. The monoisotopic (exact) mass is 333 g/mol. The molecule has 3 rings (SSSR count). The van der Waals surface area contributed by atoms with Gasteiger partial charge in [-0.3, -0.25) is 4.79 Å². The summed E-state index contributed by atoms with van der Waals surface area (Å²) < 4.78 is 41.2. The van der Waals surface area contributed by atoms with E-state index < -0.39 is 21.7 Å². The molecule has 2 aromatic rings. The minimum Gasteiger partial charge on any atom is -0.341 e. The van der Waals surface area contributed by atoms with Crippen LogP contribution >= 0.6 is 0 Å². The number of rotatable bonds is 3. The van der Waals surface area contributed by atoms with Crippen molar-refractivity contribution in [3.05, 3.63) is 54.3 Å². The molecule has 0 aliphatic carbocycles. The van der Waals surface area contributed by atoms with Gasteiger partial charge in [0, 0.05) is 0 Å². The fraction of sp³-hybridized carbons (Fsp3) is 0.0667. The number of sulfonamides is 1. The second-order valence-electron chi connectivity index (χ2n) is 4.84. The Kier molecular flexibility index (Phi) is 3.83. The Morgan fingerprint density at radius 2 is 1.83 bits per heavy atom. The number of anilines is 2. The minimum absolute atomic E-state index is 0.0162. The van der Waals surface area contributed by atoms with Crippen molar-refractivity contribution in [2.75, 3.05) is 10.6 Å². The van der Waals surface area contributed by atoms with Crippen molar-refractivity contribution in [1.82, 2.24) is 0 Å². The minimum atomic E-state index is -3.85. The standard InChI is InChI=1S/C15H12FN3O3S/c16-10-5-1-2-6-11(10)18-15(20)9-14-17-12-7-3-4-8-13(12)23(21,22)19-14/h1-8H,9H2,(H,17,19)(H,18,20). The number of halogens is 1. The number of carbonyl (C=O) groups is 1. The molecule has 0 saturated carbocycles. The van der Waals surface area contributed by atoms with Gasteiger partial charge in [-0.2, -0.15) is 8.42 Å². The molecule has 1 amide bonds. The van der Waals surface area contributed by atoms with Gasteiger partial charge in [-0.15, -0.1) is 4.40 Å². The van der Waals surface area contributed by atoms with E-state index in [0.717, 1.165) is 0 Å². The van der Waals surface area contributed by atoms with Gasteiger partial charge in [-0.1, -0.05) is 24.3 Å². The van der Waals surface area contributed by atoms with Crippen LogP contribution in [-0.2, 0) is 14.8 Å². The third kappa shape index (κ3) is 3.21. The summed E-state index contributed by atoms with van der Waals surface area (Å²) >= 11 is 0. The number of amidine groups is 1. The van der Waals surface area contributed by atoms with Crippen LogP contribution in [0, 0.1) is 5.82 Å². The summed E-state index contributed by atoms with van der Waals surface area (Å²) in [6, 6.07) is 12.0. The molecule has 2 aromatic carbocycles. The van der Waals surface area contributed by atoms with Gasteiger partial charge in [0.25, 0.3) is 10.0 Å². The van der Waals surface area contributed by atoms with Crippen LogP contribution < -0.4 is 10.6 Å². The lowest BCUT2D eigenvalue weighted by atomic mass is 10.2. The fourth-order valence-corrected chi connectivity index (χ4v) is 3.30. The fourth-order valence-electron chi connectivity index (χ4n) is 2.15. The predicted molar refractivity (Wildman–Crippen MR) is 84.3 cm³/mol. The maximum absolute atomic E-state index is 13.5.